The predicted octanol–water partition coefficient (Wildman–Crippen LogP) is 1.80. The molecule has 0 N–H and O–H groups in total. The predicted molar refractivity (Wildman–Crippen MR) is 89.3 cm³/mol. The average Bonchev–Trinajstić information content (AvgIpc) is 3.04. The summed E-state index contributed by atoms with van der Waals surface area (Å²) in [6, 6.07) is 0.583. The van der Waals surface area contributed by atoms with E-state index in [0.29, 0.717) is 6.04 Å². The molecule has 0 saturated carbocycles. The van der Waals surface area contributed by atoms with Gasteiger partial charge in [-0.1, -0.05) is 20.8 Å². The Bertz CT molecular complexity index is 682. The van der Waals surface area contributed by atoms with E-state index in [1.54, 1.807) is 0 Å². The summed E-state index contributed by atoms with van der Waals surface area (Å²) >= 11 is 0. The van der Waals surface area contributed by atoms with Crippen LogP contribution in [-0.2, 0) is 12.5 Å². The van der Waals surface area contributed by atoms with Crippen molar-refractivity contribution in [3.05, 3.63) is 12.0 Å². The number of rotatable bonds is 2. The Morgan fingerprint density at radius 3 is 2.55 bits per heavy atom. The van der Waals surface area contributed by atoms with Gasteiger partial charge < -0.3 is 9.80 Å². The Morgan fingerprint density at radius 2 is 1.95 bits per heavy atom. The van der Waals surface area contributed by atoms with Gasteiger partial charge in [-0.15, -0.1) is 0 Å². The average molecular weight is 302 g/mol. The largest absolute Gasteiger partial charge is 0.354 e. The fourth-order valence-corrected chi connectivity index (χ4v) is 2.94. The highest BCUT2D eigenvalue weighted by atomic mass is 15.3. The summed E-state index contributed by atoms with van der Waals surface area (Å²) in [5.41, 5.74) is 0.844. The van der Waals surface area contributed by atoms with Crippen LogP contribution in [0.4, 0.5) is 5.82 Å². The third-order valence-electron chi connectivity index (χ3n) is 4.44. The van der Waals surface area contributed by atoms with E-state index in [0.717, 1.165) is 35.8 Å². The standard InChI is InChI=1S/C16H26N6/c1-16(2,3)15-18-13-12(9-17-21(13)6)14(19-15)22-8-7-11(10-22)20(4)5/h9,11H,7-8,10H2,1-6H3/t11-/m0/s1. The van der Waals surface area contributed by atoms with Gasteiger partial charge in [0.2, 0.25) is 0 Å². The lowest BCUT2D eigenvalue weighted by molar-refractivity contribution is 0.315. The zero-order chi connectivity index (χ0) is 16.1. The van der Waals surface area contributed by atoms with Crippen LogP contribution in [0.15, 0.2) is 6.20 Å². The first-order valence-electron chi connectivity index (χ1n) is 7.89. The summed E-state index contributed by atoms with van der Waals surface area (Å²) in [7, 11) is 6.24. The second-order valence-corrected chi connectivity index (χ2v) is 7.48. The van der Waals surface area contributed by atoms with Crippen LogP contribution in [0.1, 0.15) is 33.0 Å². The van der Waals surface area contributed by atoms with Crippen molar-refractivity contribution >= 4 is 16.9 Å². The minimum Gasteiger partial charge on any atom is -0.354 e. The SMILES string of the molecule is CN(C)[C@H]1CCN(c2nc(C(C)(C)C)nc3c2cnn3C)C1. The lowest BCUT2D eigenvalue weighted by Crippen LogP contribution is -2.32. The normalized spacial score (nSPS) is 19.6. The van der Waals surface area contributed by atoms with E-state index < -0.39 is 0 Å². The topological polar surface area (TPSA) is 50.1 Å². The highest BCUT2D eigenvalue weighted by Gasteiger charge is 2.29. The van der Waals surface area contributed by atoms with Crippen molar-refractivity contribution in [3.8, 4) is 0 Å². The van der Waals surface area contributed by atoms with Crippen molar-refractivity contribution in [2.45, 2.75) is 38.6 Å². The first kappa shape index (κ1) is 15.2. The van der Waals surface area contributed by atoms with Gasteiger partial charge in [-0.3, -0.25) is 4.68 Å². The summed E-state index contributed by atoms with van der Waals surface area (Å²) in [4.78, 5) is 14.3. The molecule has 0 spiro atoms. The third-order valence-corrected chi connectivity index (χ3v) is 4.44. The molecule has 2 aromatic rings. The van der Waals surface area contributed by atoms with E-state index in [1.807, 2.05) is 17.9 Å². The van der Waals surface area contributed by atoms with Crippen molar-refractivity contribution in [1.82, 2.24) is 24.6 Å². The van der Waals surface area contributed by atoms with Crippen LogP contribution in [0.5, 0.6) is 0 Å². The second-order valence-electron chi connectivity index (χ2n) is 7.48. The van der Waals surface area contributed by atoms with Gasteiger partial charge in [0.1, 0.15) is 11.6 Å². The third kappa shape index (κ3) is 2.56. The van der Waals surface area contributed by atoms with Crippen molar-refractivity contribution in [1.29, 1.82) is 0 Å². The highest BCUT2D eigenvalue weighted by molar-refractivity contribution is 5.87. The fourth-order valence-electron chi connectivity index (χ4n) is 2.94. The molecule has 6 nitrogen and oxygen atoms in total. The van der Waals surface area contributed by atoms with Crippen LogP contribution in [-0.4, -0.2) is 57.9 Å². The van der Waals surface area contributed by atoms with E-state index >= 15 is 0 Å². The van der Waals surface area contributed by atoms with Crippen LogP contribution in [0.3, 0.4) is 0 Å². The molecule has 6 heteroatoms. The molecule has 0 bridgehead atoms. The molecule has 3 heterocycles. The molecule has 120 valence electrons. The molecule has 1 saturated heterocycles. The van der Waals surface area contributed by atoms with Crippen LogP contribution < -0.4 is 4.90 Å². The summed E-state index contributed by atoms with van der Waals surface area (Å²) < 4.78 is 1.84. The van der Waals surface area contributed by atoms with Gasteiger partial charge in [-0.2, -0.15) is 5.10 Å². The quantitative estimate of drug-likeness (QED) is 0.846. The molecule has 3 rings (SSSR count). The summed E-state index contributed by atoms with van der Waals surface area (Å²) in [6.45, 7) is 8.51. The van der Waals surface area contributed by atoms with E-state index in [1.165, 1.54) is 6.42 Å². The number of hydrogen-bond donors (Lipinski definition) is 0. The second kappa shape index (κ2) is 5.19. The maximum Gasteiger partial charge on any atom is 0.163 e. The Morgan fingerprint density at radius 1 is 1.23 bits per heavy atom. The Balaban J connectivity index is 2.08. The number of anilines is 1. The summed E-state index contributed by atoms with van der Waals surface area (Å²) in [5, 5.41) is 5.43. The van der Waals surface area contributed by atoms with Crippen molar-refractivity contribution < 1.29 is 0 Å². The number of aryl methyl sites for hydroxylation is 1. The lowest BCUT2D eigenvalue weighted by Gasteiger charge is -2.24. The number of nitrogens with zero attached hydrogens (tertiary/aromatic N) is 6. The molecule has 1 atom stereocenters. The first-order chi connectivity index (χ1) is 10.3. The van der Waals surface area contributed by atoms with Gasteiger partial charge in [-0.05, 0) is 20.5 Å². The van der Waals surface area contributed by atoms with Gasteiger partial charge >= 0.3 is 0 Å². The van der Waals surface area contributed by atoms with E-state index in [-0.39, 0.29) is 5.41 Å². The van der Waals surface area contributed by atoms with Crippen molar-refractivity contribution in [3.63, 3.8) is 0 Å². The fraction of sp³-hybridized carbons (Fsp3) is 0.688. The van der Waals surface area contributed by atoms with Gasteiger partial charge in [0.05, 0.1) is 11.6 Å². The maximum absolute atomic E-state index is 4.90. The number of aromatic nitrogens is 4. The Labute approximate surface area is 132 Å². The summed E-state index contributed by atoms with van der Waals surface area (Å²) in [6.07, 6.45) is 3.06. The lowest BCUT2D eigenvalue weighted by atomic mass is 9.95. The van der Waals surface area contributed by atoms with Gasteiger partial charge in [0, 0.05) is 31.6 Å². The molecule has 1 aliphatic heterocycles. The van der Waals surface area contributed by atoms with Gasteiger partial charge in [-0.25, -0.2) is 9.97 Å². The zero-order valence-electron chi connectivity index (χ0n) is 14.5. The van der Waals surface area contributed by atoms with E-state index in [9.17, 15) is 0 Å². The molecule has 0 unspecified atom stereocenters. The number of hydrogen-bond acceptors (Lipinski definition) is 5. The number of fused-ring (bicyclic) bond motifs is 1. The highest BCUT2D eigenvalue weighted by Crippen LogP contribution is 2.30. The molecular formula is C16H26N6. The maximum atomic E-state index is 4.90. The first-order valence-corrected chi connectivity index (χ1v) is 7.89. The molecule has 22 heavy (non-hydrogen) atoms. The molecule has 0 aromatic carbocycles. The molecule has 0 aliphatic carbocycles. The molecule has 0 radical (unpaired) electrons. The zero-order valence-corrected chi connectivity index (χ0v) is 14.5. The van der Waals surface area contributed by atoms with Gasteiger partial charge in [0.15, 0.2) is 5.65 Å². The van der Waals surface area contributed by atoms with Crippen molar-refractivity contribution in [2.24, 2.45) is 7.05 Å². The van der Waals surface area contributed by atoms with Gasteiger partial charge in [0.25, 0.3) is 0 Å². The minimum atomic E-state index is -0.0755. The minimum absolute atomic E-state index is 0.0755. The summed E-state index contributed by atoms with van der Waals surface area (Å²) in [5.74, 6) is 1.92. The molecule has 1 aliphatic rings. The van der Waals surface area contributed by atoms with Crippen LogP contribution >= 0.6 is 0 Å². The number of likely N-dealkylation sites (N-methyl/N-ethyl adjacent to an activating group) is 1. The van der Waals surface area contributed by atoms with Crippen LogP contribution in [0.2, 0.25) is 0 Å². The molecular weight excluding hydrogens is 276 g/mol. The Kier molecular flexibility index (Phi) is 3.59. The Hall–Kier alpha value is -1.69. The van der Waals surface area contributed by atoms with E-state index in [2.05, 4.69) is 49.8 Å². The van der Waals surface area contributed by atoms with Crippen LogP contribution in [0, 0.1) is 0 Å². The van der Waals surface area contributed by atoms with Crippen molar-refractivity contribution in [2.75, 3.05) is 32.1 Å². The molecule has 1 fully saturated rings. The van der Waals surface area contributed by atoms with Crippen LogP contribution in [0.25, 0.3) is 11.0 Å². The molecule has 2 aromatic heterocycles. The molecule has 0 amide bonds. The smallest absolute Gasteiger partial charge is 0.163 e. The van der Waals surface area contributed by atoms with E-state index in [4.69, 9.17) is 9.97 Å². The monoisotopic (exact) mass is 302 g/mol.